The van der Waals surface area contributed by atoms with Gasteiger partial charge in [0.15, 0.2) is 0 Å². The van der Waals surface area contributed by atoms with Gasteiger partial charge in [-0.15, -0.1) is 0 Å². The first kappa shape index (κ1) is 48.9. The molecule has 22 heteroatoms. The summed E-state index contributed by atoms with van der Waals surface area (Å²) in [4.78, 5) is 31.8. The molecule has 0 aromatic heterocycles. The summed E-state index contributed by atoms with van der Waals surface area (Å²) in [7, 11) is 0. The maximum Gasteiger partial charge on any atom is 3.00 e. The van der Waals surface area contributed by atoms with Gasteiger partial charge in [-0.25, -0.2) is 0 Å². The van der Waals surface area contributed by atoms with E-state index >= 15 is 0 Å². The van der Waals surface area contributed by atoms with Gasteiger partial charge < -0.3 is 15.3 Å². The molecule has 0 unspecified atom stereocenters. The summed E-state index contributed by atoms with van der Waals surface area (Å²) in [5.74, 6) is -9.10. The van der Waals surface area contributed by atoms with Crippen LogP contribution < -0.4 is 0 Å². The number of halogens is 15. The monoisotopic (exact) mass is 908 g/mol. The quantitative estimate of drug-likeness (QED) is 0.0983. The van der Waals surface area contributed by atoms with E-state index < -0.39 is 53.2 Å². The maximum atomic E-state index is 11.9. The van der Waals surface area contributed by atoms with Crippen molar-refractivity contribution in [3.8, 4) is 0 Å². The largest absolute Gasteiger partial charge is 3.00 e. The Morgan fingerprint density at radius 2 is 0.635 bits per heavy atom. The van der Waals surface area contributed by atoms with E-state index in [4.69, 9.17) is 69.6 Å². The summed E-state index contributed by atoms with van der Waals surface area (Å²) in [5.41, 5.74) is -0.309. The number of benzene rings is 3. The number of hydrogen-bond donors (Lipinski definition) is 3. The molecular weight excluding hydrogens is 896 g/mol. The van der Waals surface area contributed by atoms with Crippen molar-refractivity contribution >= 4 is 104 Å². The molecule has 0 aliphatic heterocycles. The number of hydrogen-bond acceptors (Lipinski definition) is 6. The SMILES string of the molecule is O=C(C=C(O)c1ccc(Cl)cc1Cl)C(F)(F)F.O=C(C=C(O)c1ccc(Cl)cc1Cl)C(F)(F)F.O=C(C=C(O)c1ccc(Cl)cc1Cl)C(F)(F)F.[Fe+3]. The molecule has 6 nitrogen and oxygen atoms in total. The second-order valence-electron chi connectivity index (χ2n) is 9.05. The van der Waals surface area contributed by atoms with Crippen molar-refractivity contribution in [3.05, 3.63) is 120 Å². The third-order valence-corrected chi connectivity index (χ3v) is 6.91. The molecule has 3 N–H and O–H groups in total. The van der Waals surface area contributed by atoms with Crippen molar-refractivity contribution in [2.75, 3.05) is 0 Å². The molecule has 52 heavy (non-hydrogen) atoms. The fraction of sp³-hybridized carbons (Fsp3) is 0.100. The molecule has 0 aliphatic rings. The molecule has 0 atom stereocenters. The summed E-state index contributed by atoms with van der Waals surface area (Å²) in [6.07, 6.45) is -14.9. The van der Waals surface area contributed by atoms with Crippen LogP contribution in [0.2, 0.25) is 30.1 Å². The average Bonchev–Trinajstić information content (AvgIpc) is 2.96. The fourth-order valence-corrected chi connectivity index (χ4v) is 4.46. The minimum Gasteiger partial charge on any atom is -0.507 e. The molecule has 0 saturated heterocycles. The van der Waals surface area contributed by atoms with Crippen LogP contribution in [0, 0.1) is 0 Å². The minimum atomic E-state index is -5.03. The first-order chi connectivity index (χ1) is 23.1. The topological polar surface area (TPSA) is 112 Å². The number of alkyl halides is 9. The molecular formula is C30H15Cl6F9FeO6+3. The van der Waals surface area contributed by atoms with E-state index in [-0.39, 0.29) is 82.1 Å². The van der Waals surface area contributed by atoms with Crippen LogP contribution >= 0.6 is 69.6 Å². The molecule has 3 aromatic carbocycles. The Bertz CT molecular complexity index is 1660. The van der Waals surface area contributed by atoms with Gasteiger partial charge in [-0.2, -0.15) is 39.5 Å². The molecule has 0 aliphatic carbocycles. The van der Waals surface area contributed by atoms with Gasteiger partial charge in [0.05, 0.1) is 15.1 Å². The Morgan fingerprint density at radius 3 is 0.788 bits per heavy atom. The summed E-state index contributed by atoms with van der Waals surface area (Å²) in [6.45, 7) is 0. The second-order valence-corrected chi connectivity index (χ2v) is 11.6. The number of aliphatic hydroxyl groups is 3. The van der Waals surface area contributed by atoms with Crippen LogP contribution in [0.3, 0.4) is 0 Å². The Hall–Kier alpha value is -3.08. The summed E-state index contributed by atoms with van der Waals surface area (Å²) < 4.78 is 107. The first-order valence-corrected chi connectivity index (χ1v) is 14.8. The van der Waals surface area contributed by atoms with E-state index in [1.165, 1.54) is 54.6 Å². The number of aliphatic hydroxyl groups excluding tert-OH is 3. The van der Waals surface area contributed by atoms with Crippen LogP contribution in [-0.4, -0.2) is 51.2 Å². The van der Waals surface area contributed by atoms with Gasteiger partial charge in [-0.1, -0.05) is 69.6 Å². The molecule has 281 valence electrons. The Labute approximate surface area is 327 Å². The molecule has 0 fully saturated rings. The van der Waals surface area contributed by atoms with E-state index in [0.717, 1.165) is 0 Å². The van der Waals surface area contributed by atoms with Crippen LogP contribution in [-0.2, 0) is 31.5 Å². The van der Waals surface area contributed by atoms with Gasteiger partial charge in [-0.3, -0.25) is 14.4 Å². The smallest absolute Gasteiger partial charge is 0.507 e. The first-order valence-electron chi connectivity index (χ1n) is 12.6. The summed E-state index contributed by atoms with van der Waals surface area (Å²) >= 11 is 33.6. The normalized spacial score (nSPS) is 12.4. The molecule has 0 bridgehead atoms. The standard InChI is InChI=1S/3C10H5Cl2F3O2.Fe/c3*11-5-1-2-6(7(12)3-5)8(16)4-9(17)10(13,14)15;/h3*1-4,16H;/q;;;+3. The van der Waals surface area contributed by atoms with Gasteiger partial charge in [0, 0.05) is 50.0 Å². The third-order valence-electron chi connectivity index (χ3n) is 5.26. The molecule has 3 aromatic rings. The van der Waals surface area contributed by atoms with Gasteiger partial charge in [0.25, 0.3) is 17.3 Å². The summed E-state index contributed by atoms with van der Waals surface area (Å²) in [5, 5.41) is 28.6. The maximum absolute atomic E-state index is 11.9. The number of carbonyl (C=O) groups excluding carboxylic acids is 3. The van der Waals surface area contributed by atoms with Crippen LogP contribution in [0.4, 0.5) is 39.5 Å². The van der Waals surface area contributed by atoms with Crippen LogP contribution in [0.5, 0.6) is 0 Å². The predicted molar refractivity (Wildman–Crippen MR) is 174 cm³/mol. The Morgan fingerprint density at radius 1 is 0.442 bits per heavy atom. The molecule has 0 spiro atoms. The average molecular weight is 911 g/mol. The van der Waals surface area contributed by atoms with Gasteiger partial charge in [0.2, 0.25) is 0 Å². The molecule has 0 amide bonds. The second kappa shape index (κ2) is 20.4. The van der Waals surface area contributed by atoms with Crippen molar-refractivity contribution in [2.45, 2.75) is 18.5 Å². The van der Waals surface area contributed by atoms with Crippen molar-refractivity contribution < 1.29 is 86.3 Å². The third kappa shape index (κ3) is 16.3. The Balaban J connectivity index is 0.000000743. The molecule has 0 heterocycles. The zero-order valence-electron chi connectivity index (χ0n) is 24.5. The minimum absolute atomic E-state index is 0. The Kier molecular flexibility index (Phi) is 19.2. The molecule has 3 rings (SSSR count). The van der Waals surface area contributed by atoms with Gasteiger partial charge in [-0.05, 0) is 54.6 Å². The van der Waals surface area contributed by atoms with Crippen LogP contribution in [0.1, 0.15) is 16.7 Å². The molecule has 0 saturated carbocycles. The van der Waals surface area contributed by atoms with Crippen molar-refractivity contribution in [2.24, 2.45) is 0 Å². The summed E-state index contributed by atoms with van der Waals surface area (Å²) in [6, 6.07) is 11.3. The van der Waals surface area contributed by atoms with Crippen molar-refractivity contribution in [1.29, 1.82) is 0 Å². The van der Waals surface area contributed by atoms with Crippen molar-refractivity contribution in [1.82, 2.24) is 0 Å². The van der Waals surface area contributed by atoms with E-state index in [9.17, 15) is 69.2 Å². The van der Waals surface area contributed by atoms with E-state index in [2.05, 4.69) is 0 Å². The van der Waals surface area contributed by atoms with Crippen LogP contribution in [0.25, 0.3) is 17.3 Å². The number of ketones is 3. The van der Waals surface area contributed by atoms with Gasteiger partial charge in [0.1, 0.15) is 17.3 Å². The number of carbonyl (C=O) groups is 3. The molecule has 1 radical (unpaired) electrons. The van der Waals surface area contributed by atoms with Crippen molar-refractivity contribution in [3.63, 3.8) is 0 Å². The fourth-order valence-electron chi connectivity index (χ4n) is 2.94. The zero-order chi connectivity index (χ0) is 39.6. The number of allylic oxidation sites excluding steroid dienone is 3. The van der Waals surface area contributed by atoms with Gasteiger partial charge >= 0.3 is 35.6 Å². The van der Waals surface area contributed by atoms with E-state index in [1.54, 1.807) is 0 Å². The predicted octanol–water partition coefficient (Wildman–Crippen LogP) is 12.1. The zero-order valence-corrected chi connectivity index (χ0v) is 30.2. The number of rotatable bonds is 6. The van der Waals surface area contributed by atoms with E-state index in [1.807, 2.05) is 0 Å². The van der Waals surface area contributed by atoms with Crippen LogP contribution in [0.15, 0.2) is 72.8 Å². The van der Waals surface area contributed by atoms with E-state index in [0.29, 0.717) is 0 Å².